The average molecular weight is 300 g/mol. The van der Waals surface area contributed by atoms with Crippen LogP contribution in [0.25, 0.3) is 0 Å². The molecule has 6 heteroatoms. The largest absolute Gasteiger partial charge is 0.355 e. The molecule has 1 aromatic heterocycles. The Bertz CT molecular complexity index is 702. The first kappa shape index (κ1) is 15.8. The Labute approximate surface area is 129 Å². The molecule has 0 atom stereocenters. The highest BCUT2D eigenvalue weighted by atomic mass is 16.2. The Morgan fingerprint density at radius 1 is 1.18 bits per heavy atom. The molecule has 2 rings (SSSR count). The second kappa shape index (κ2) is 6.43. The molecule has 0 unspecified atom stereocenters. The Morgan fingerprint density at radius 3 is 2.32 bits per heavy atom. The summed E-state index contributed by atoms with van der Waals surface area (Å²) >= 11 is 0. The van der Waals surface area contributed by atoms with Gasteiger partial charge in [-0.2, -0.15) is 5.10 Å². The minimum absolute atomic E-state index is 0.105. The van der Waals surface area contributed by atoms with Crippen LogP contribution in [-0.2, 0) is 18.3 Å². The quantitative estimate of drug-likeness (QED) is 0.900. The Kier molecular flexibility index (Phi) is 4.60. The summed E-state index contributed by atoms with van der Waals surface area (Å²) in [4.78, 5) is 23.6. The van der Waals surface area contributed by atoms with Gasteiger partial charge in [0.15, 0.2) is 0 Å². The molecule has 6 nitrogen and oxygen atoms in total. The van der Waals surface area contributed by atoms with Crippen molar-refractivity contribution in [3.63, 3.8) is 0 Å². The van der Waals surface area contributed by atoms with Crippen LogP contribution in [0.15, 0.2) is 24.3 Å². The van der Waals surface area contributed by atoms with Crippen LogP contribution < -0.4 is 10.6 Å². The summed E-state index contributed by atoms with van der Waals surface area (Å²) in [6, 6.07) is 6.78. The summed E-state index contributed by atoms with van der Waals surface area (Å²) in [5, 5.41) is 9.69. The lowest BCUT2D eigenvalue weighted by Crippen LogP contribution is -2.18. The molecule has 2 aromatic rings. The minimum Gasteiger partial charge on any atom is -0.355 e. The summed E-state index contributed by atoms with van der Waals surface area (Å²) in [5.41, 5.74) is 4.02. The van der Waals surface area contributed by atoms with Gasteiger partial charge in [0.2, 0.25) is 5.91 Å². The first-order valence-electron chi connectivity index (χ1n) is 7.03. The predicted octanol–water partition coefficient (Wildman–Crippen LogP) is 1.58. The molecule has 1 heterocycles. The maximum atomic E-state index is 12.1. The van der Waals surface area contributed by atoms with Crippen LogP contribution in [0.3, 0.4) is 0 Å². The van der Waals surface area contributed by atoms with E-state index in [1.807, 2.05) is 20.9 Å². The van der Waals surface area contributed by atoms with Crippen molar-refractivity contribution >= 4 is 17.5 Å². The molecule has 0 fully saturated rings. The fraction of sp³-hybridized carbons (Fsp3) is 0.312. The molecule has 0 aliphatic carbocycles. The van der Waals surface area contributed by atoms with Gasteiger partial charge in [0, 0.05) is 36.6 Å². The lowest BCUT2D eigenvalue weighted by atomic mass is 10.1. The number of nitrogens with one attached hydrogen (secondary N) is 2. The van der Waals surface area contributed by atoms with Gasteiger partial charge in [-0.25, -0.2) is 0 Å². The fourth-order valence-electron chi connectivity index (χ4n) is 2.29. The van der Waals surface area contributed by atoms with E-state index in [1.165, 1.54) is 0 Å². The SMILES string of the molecule is CNC(=O)c1ccc(NC(=O)Cc2c(C)nn(C)c2C)cc1. The van der Waals surface area contributed by atoms with Crippen LogP contribution in [0.5, 0.6) is 0 Å². The van der Waals surface area contributed by atoms with Gasteiger partial charge in [-0.3, -0.25) is 14.3 Å². The van der Waals surface area contributed by atoms with Gasteiger partial charge in [-0.1, -0.05) is 0 Å². The smallest absolute Gasteiger partial charge is 0.251 e. The molecule has 22 heavy (non-hydrogen) atoms. The Hall–Kier alpha value is -2.63. The molecule has 2 amide bonds. The first-order chi connectivity index (χ1) is 10.4. The topological polar surface area (TPSA) is 76.0 Å². The summed E-state index contributed by atoms with van der Waals surface area (Å²) in [5.74, 6) is -0.258. The van der Waals surface area contributed by atoms with Gasteiger partial charge in [0.05, 0.1) is 12.1 Å². The summed E-state index contributed by atoms with van der Waals surface area (Å²) in [6.07, 6.45) is 0.280. The number of carbonyl (C=O) groups excluding carboxylic acids is 2. The van der Waals surface area contributed by atoms with E-state index in [0.717, 1.165) is 17.0 Å². The van der Waals surface area contributed by atoms with Gasteiger partial charge >= 0.3 is 0 Å². The van der Waals surface area contributed by atoms with Crippen LogP contribution in [-0.4, -0.2) is 28.6 Å². The number of nitrogens with zero attached hydrogens (tertiary/aromatic N) is 2. The number of aromatic nitrogens is 2. The Morgan fingerprint density at radius 2 is 1.82 bits per heavy atom. The Balaban J connectivity index is 2.04. The predicted molar refractivity (Wildman–Crippen MR) is 84.8 cm³/mol. The standard InChI is InChI=1S/C16H20N4O2/c1-10-14(11(2)20(4)19-10)9-15(21)18-13-7-5-12(6-8-13)16(22)17-3/h5-8H,9H2,1-4H3,(H,17,22)(H,18,21). The summed E-state index contributed by atoms with van der Waals surface area (Å²) < 4.78 is 1.77. The number of rotatable bonds is 4. The number of benzene rings is 1. The van der Waals surface area contributed by atoms with Crippen molar-refractivity contribution in [2.45, 2.75) is 20.3 Å². The molecule has 0 saturated heterocycles. The first-order valence-corrected chi connectivity index (χ1v) is 7.03. The summed E-state index contributed by atoms with van der Waals surface area (Å²) in [7, 11) is 3.44. The zero-order chi connectivity index (χ0) is 16.3. The molecule has 0 saturated carbocycles. The van der Waals surface area contributed by atoms with Crippen molar-refractivity contribution in [3.05, 3.63) is 46.8 Å². The van der Waals surface area contributed by atoms with Gasteiger partial charge < -0.3 is 10.6 Å². The fourth-order valence-corrected chi connectivity index (χ4v) is 2.29. The highest BCUT2D eigenvalue weighted by Crippen LogP contribution is 2.14. The maximum absolute atomic E-state index is 12.1. The van der Waals surface area contributed by atoms with Crippen LogP contribution in [0.2, 0.25) is 0 Å². The highest BCUT2D eigenvalue weighted by Gasteiger charge is 2.13. The van der Waals surface area contributed by atoms with Crippen LogP contribution >= 0.6 is 0 Å². The molecule has 1 aromatic carbocycles. The van der Waals surface area contributed by atoms with E-state index in [-0.39, 0.29) is 18.2 Å². The van der Waals surface area contributed by atoms with Crippen molar-refractivity contribution in [1.29, 1.82) is 0 Å². The van der Waals surface area contributed by atoms with Crippen LogP contribution in [0.4, 0.5) is 5.69 Å². The third-order valence-electron chi connectivity index (χ3n) is 3.65. The van der Waals surface area contributed by atoms with E-state index in [9.17, 15) is 9.59 Å². The van der Waals surface area contributed by atoms with E-state index in [1.54, 1.807) is 36.0 Å². The van der Waals surface area contributed by atoms with Crippen molar-refractivity contribution in [3.8, 4) is 0 Å². The lowest BCUT2D eigenvalue weighted by molar-refractivity contribution is -0.115. The number of anilines is 1. The molecule has 0 bridgehead atoms. The zero-order valence-electron chi connectivity index (χ0n) is 13.2. The number of hydrogen-bond donors (Lipinski definition) is 2. The molecule has 0 spiro atoms. The third-order valence-corrected chi connectivity index (χ3v) is 3.65. The van der Waals surface area contributed by atoms with Crippen molar-refractivity contribution in [2.75, 3.05) is 12.4 Å². The number of carbonyl (C=O) groups is 2. The maximum Gasteiger partial charge on any atom is 0.251 e. The lowest BCUT2D eigenvalue weighted by Gasteiger charge is -2.07. The number of hydrogen-bond acceptors (Lipinski definition) is 3. The van der Waals surface area contributed by atoms with Crippen molar-refractivity contribution in [1.82, 2.24) is 15.1 Å². The molecular formula is C16H20N4O2. The second-order valence-corrected chi connectivity index (χ2v) is 5.15. The third kappa shape index (κ3) is 3.33. The molecular weight excluding hydrogens is 280 g/mol. The van der Waals surface area contributed by atoms with Gasteiger partial charge in [0.1, 0.15) is 0 Å². The molecule has 2 N–H and O–H groups in total. The average Bonchev–Trinajstić information content (AvgIpc) is 2.73. The highest BCUT2D eigenvalue weighted by molar-refractivity contribution is 5.96. The molecule has 116 valence electrons. The van der Waals surface area contributed by atoms with E-state index in [2.05, 4.69) is 15.7 Å². The van der Waals surface area contributed by atoms with Crippen molar-refractivity contribution < 1.29 is 9.59 Å². The van der Waals surface area contributed by atoms with Crippen molar-refractivity contribution in [2.24, 2.45) is 7.05 Å². The van der Waals surface area contributed by atoms with E-state index in [4.69, 9.17) is 0 Å². The second-order valence-electron chi connectivity index (χ2n) is 5.15. The van der Waals surface area contributed by atoms with E-state index >= 15 is 0 Å². The van der Waals surface area contributed by atoms with E-state index < -0.39 is 0 Å². The normalized spacial score (nSPS) is 10.4. The van der Waals surface area contributed by atoms with Gasteiger partial charge in [0.25, 0.3) is 5.91 Å². The minimum atomic E-state index is -0.153. The van der Waals surface area contributed by atoms with Crippen LogP contribution in [0.1, 0.15) is 27.3 Å². The number of aryl methyl sites for hydroxylation is 2. The van der Waals surface area contributed by atoms with E-state index in [0.29, 0.717) is 11.3 Å². The number of amides is 2. The van der Waals surface area contributed by atoms with Gasteiger partial charge in [-0.05, 0) is 38.1 Å². The molecule has 0 radical (unpaired) electrons. The monoisotopic (exact) mass is 300 g/mol. The van der Waals surface area contributed by atoms with Crippen LogP contribution in [0, 0.1) is 13.8 Å². The summed E-state index contributed by atoms with van der Waals surface area (Å²) in [6.45, 7) is 3.84. The van der Waals surface area contributed by atoms with Gasteiger partial charge in [-0.15, -0.1) is 0 Å². The molecule has 0 aliphatic heterocycles. The molecule has 0 aliphatic rings. The zero-order valence-corrected chi connectivity index (χ0v) is 13.2.